The molecule has 0 bridgehead atoms. The van der Waals surface area contributed by atoms with Crippen LogP contribution in [0.25, 0.3) is 0 Å². The van der Waals surface area contributed by atoms with Crippen LogP contribution < -0.4 is 14.8 Å². The number of rotatable bonds is 15. The molecule has 1 unspecified atom stereocenters. The minimum Gasteiger partial charge on any atom is -0.497 e. The van der Waals surface area contributed by atoms with Crippen molar-refractivity contribution < 1.29 is 33.5 Å². The van der Waals surface area contributed by atoms with Crippen molar-refractivity contribution in [3.05, 3.63) is 104 Å². The number of nitrogens with one attached hydrogen (secondary N) is 2. The first kappa shape index (κ1) is 32.8. The van der Waals surface area contributed by atoms with Gasteiger partial charge in [-0.25, -0.2) is 9.59 Å². The topological polar surface area (TPSA) is 155 Å². The molecule has 0 saturated carbocycles. The Kier molecular flexibility index (Phi) is 11.3. The molecule has 0 radical (unpaired) electrons. The van der Waals surface area contributed by atoms with Gasteiger partial charge >= 0.3 is 11.9 Å². The van der Waals surface area contributed by atoms with Gasteiger partial charge in [-0.05, 0) is 62.8 Å². The van der Waals surface area contributed by atoms with Crippen molar-refractivity contribution in [3.63, 3.8) is 0 Å². The fourth-order valence-corrected chi connectivity index (χ4v) is 5.24. The number of methoxy groups -OCH3 is 2. The van der Waals surface area contributed by atoms with E-state index in [1.54, 1.807) is 27.0 Å². The number of nitro groups is 1. The Balaban J connectivity index is 1.25. The summed E-state index contributed by atoms with van der Waals surface area (Å²) >= 11 is 0. The first-order valence-electron chi connectivity index (χ1n) is 14.7. The molecule has 3 aromatic rings. The third kappa shape index (κ3) is 8.49. The fourth-order valence-electron chi connectivity index (χ4n) is 5.24. The Hall–Kier alpha value is -5.13. The lowest BCUT2D eigenvalue weighted by molar-refractivity contribution is -0.384. The summed E-state index contributed by atoms with van der Waals surface area (Å²) in [5.41, 5.74) is 3.76. The van der Waals surface area contributed by atoms with E-state index in [1.165, 1.54) is 25.3 Å². The zero-order valence-corrected chi connectivity index (χ0v) is 25.9. The maximum atomic E-state index is 13.3. The average molecular weight is 619 g/mol. The highest BCUT2D eigenvalue weighted by Gasteiger charge is 2.38. The number of hydrogen-bond acceptors (Lipinski definition) is 10. The van der Waals surface area contributed by atoms with Gasteiger partial charge in [-0.1, -0.05) is 24.3 Å². The van der Waals surface area contributed by atoms with Crippen LogP contribution in [-0.4, -0.2) is 54.5 Å². The lowest BCUT2D eigenvalue weighted by Crippen LogP contribution is -2.32. The molecule has 1 aliphatic heterocycles. The molecule has 238 valence electrons. The molecule has 0 spiro atoms. The van der Waals surface area contributed by atoms with E-state index in [4.69, 9.17) is 18.9 Å². The van der Waals surface area contributed by atoms with Crippen molar-refractivity contribution in [1.29, 1.82) is 0 Å². The van der Waals surface area contributed by atoms with Gasteiger partial charge in [-0.15, -0.1) is 5.10 Å². The van der Waals surface area contributed by atoms with Crippen molar-refractivity contribution in [2.45, 2.75) is 51.9 Å². The molecular weight excluding hydrogens is 580 g/mol. The monoisotopic (exact) mass is 618 g/mol. The Morgan fingerprint density at radius 1 is 0.911 bits per heavy atom. The number of unbranched alkanes of at least 4 members (excludes halogenated alkanes) is 3. The number of esters is 2. The second kappa shape index (κ2) is 15.6. The molecule has 2 heterocycles. The molecule has 1 atom stereocenters. The van der Waals surface area contributed by atoms with Gasteiger partial charge in [-0.3, -0.25) is 15.2 Å². The lowest BCUT2D eigenvalue weighted by atomic mass is 9.80. The highest BCUT2D eigenvalue weighted by atomic mass is 16.6. The van der Waals surface area contributed by atoms with Gasteiger partial charge < -0.3 is 24.3 Å². The summed E-state index contributed by atoms with van der Waals surface area (Å²) in [5.74, 6) is -0.765. The van der Waals surface area contributed by atoms with Gasteiger partial charge in [0.05, 0.1) is 49.4 Å². The highest BCUT2D eigenvalue weighted by molar-refractivity contribution is 5.99. The molecule has 0 aliphatic carbocycles. The van der Waals surface area contributed by atoms with E-state index in [1.807, 2.05) is 30.3 Å². The predicted octanol–water partition coefficient (Wildman–Crippen LogP) is 5.51. The molecule has 4 rings (SSSR count). The molecule has 2 N–H and O–H groups in total. The molecule has 12 heteroatoms. The minimum absolute atomic E-state index is 0.149. The number of aromatic nitrogens is 2. The largest absolute Gasteiger partial charge is 0.497 e. The second-order valence-electron chi connectivity index (χ2n) is 10.6. The van der Waals surface area contributed by atoms with E-state index in [0.29, 0.717) is 42.3 Å². The maximum Gasteiger partial charge on any atom is 0.336 e. The number of nitro benzene ring substituents is 1. The summed E-state index contributed by atoms with van der Waals surface area (Å²) in [4.78, 5) is 37.0. The Morgan fingerprint density at radius 2 is 1.60 bits per heavy atom. The highest BCUT2D eigenvalue weighted by Crippen LogP contribution is 2.40. The van der Waals surface area contributed by atoms with E-state index in [0.717, 1.165) is 36.3 Å². The molecule has 1 aromatic heterocycles. The van der Waals surface area contributed by atoms with Gasteiger partial charge in [0.2, 0.25) is 5.88 Å². The first-order chi connectivity index (χ1) is 21.7. The third-order valence-electron chi connectivity index (χ3n) is 7.48. The van der Waals surface area contributed by atoms with Gasteiger partial charge in [0.1, 0.15) is 5.75 Å². The van der Waals surface area contributed by atoms with E-state index >= 15 is 0 Å². The van der Waals surface area contributed by atoms with E-state index in [2.05, 4.69) is 15.5 Å². The van der Waals surface area contributed by atoms with Gasteiger partial charge in [0.15, 0.2) is 0 Å². The third-order valence-corrected chi connectivity index (χ3v) is 7.48. The standard InChI is InChI=1S/C33H38N4O8/c1-21-29(32(38)43-4)31(24-10-9-11-26(19-24)37(40)41)30(22(2)34-21)33(39)45-17-8-6-5-7-16-44-28-20-25(35-36-28)18-23-12-14-27(42-3)15-13-23/h9-15,19-20,31,34H,5-8,16-18H2,1-4H3,(H,35,36). The van der Waals surface area contributed by atoms with Crippen molar-refractivity contribution in [2.24, 2.45) is 0 Å². The predicted molar refractivity (Wildman–Crippen MR) is 166 cm³/mol. The Morgan fingerprint density at radius 3 is 2.27 bits per heavy atom. The number of nitrogens with zero attached hydrogens (tertiary/aromatic N) is 2. The Labute approximate surface area is 261 Å². The summed E-state index contributed by atoms with van der Waals surface area (Å²) in [6, 6.07) is 15.6. The van der Waals surface area contributed by atoms with Crippen LogP contribution in [0, 0.1) is 10.1 Å². The average Bonchev–Trinajstić information content (AvgIpc) is 3.48. The zero-order valence-electron chi connectivity index (χ0n) is 25.9. The molecule has 45 heavy (non-hydrogen) atoms. The number of hydrogen-bond donors (Lipinski definition) is 2. The number of carbonyl (C=O) groups excluding carboxylic acids is 2. The van der Waals surface area contributed by atoms with Gasteiger partial charge in [0.25, 0.3) is 5.69 Å². The van der Waals surface area contributed by atoms with Crippen molar-refractivity contribution >= 4 is 17.6 Å². The smallest absolute Gasteiger partial charge is 0.336 e. The normalized spacial score (nSPS) is 14.5. The second-order valence-corrected chi connectivity index (χ2v) is 10.6. The number of aromatic amines is 1. The molecule has 0 fully saturated rings. The molecule has 1 aliphatic rings. The number of allylic oxidation sites excluding steroid dienone is 2. The van der Waals surface area contributed by atoms with E-state index in [9.17, 15) is 19.7 Å². The number of dihydropyridines is 1. The quantitative estimate of drug-likeness (QED) is 0.0964. The summed E-state index contributed by atoms with van der Waals surface area (Å²) in [6.45, 7) is 4.10. The summed E-state index contributed by atoms with van der Waals surface area (Å²) in [5, 5.41) is 21.7. The molecular formula is C33H38N4O8. The fraction of sp³-hybridized carbons (Fsp3) is 0.364. The van der Waals surface area contributed by atoms with Crippen molar-refractivity contribution in [2.75, 3.05) is 27.4 Å². The van der Waals surface area contributed by atoms with Crippen LogP contribution in [0.15, 0.2) is 77.1 Å². The number of benzene rings is 2. The van der Waals surface area contributed by atoms with Crippen LogP contribution in [0.4, 0.5) is 5.69 Å². The number of ether oxygens (including phenoxy) is 4. The van der Waals surface area contributed by atoms with Crippen LogP contribution in [0.2, 0.25) is 0 Å². The summed E-state index contributed by atoms with van der Waals surface area (Å²) in [7, 11) is 2.89. The van der Waals surface area contributed by atoms with Gasteiger partial charge in [0, 0.05) is 41.7 Å². The van der Waals surface area contributed by atoms with Crippen LogP contribution in [0.5, 0.6) is 11.6 Å². The molecule has 2 aromatic carbocycles. The first-order valence-corrected chi connectivity index (χ1v) is 14.7. The zero-order chi connectivity index (χ0) is 32.3. The molecule has 12 nitrogen and oxygen atoms in total. The summed E-state index contributed by atoms with van der Waals surface area (Å²) in [6.07, 6.45) is 3.84. The van der Waals surface area contributed by atoms with Crippen LogP contribution in [0.1, 0.15) is 62.3 Å². The molecule has 0 amide bonds. The maximum absolute atomic E-state index is 13.3. The van der Waals surface area contributed by atoms with E-state index < -0.39 is 22.8 Å². The van der Waals surface area contributed by atoms with Crippen LogP contribution >= 0.6 is 0 Å². The minimum atomic E-state index is -0.887. The number of non-ortho nitro benzene ring substituents is 1. The Bertz CT molecular complexity index is 1580. The van der Waals surface area contributed by atoms with E-state index in [-0.39, 0.29) is 23.4 Å². The van der Waals surface area contributed by atoms with Crippen molar-refractivity contribution in [1.82, 2.24) is 15.5 Å². The SMILES string of the molecule is COC(=O)C1=C(C)NC(C)=C(C(=O)OCCCCCCOc2cc(Cc3ccc(OC)cc3)[nH]n2)C1c1cccc([N+](=O)[O-])c1. The number of H-pyrrole nitrogens is 1. The van der Waals surface area contributed by atoms with Crippen LogP contribution in [0.3, 0.4) is 0 Å². The van der Waals surface area contributed by atoms with Crippen LogP contribution in [-0.2, 0) is 25.5 Å². The number of carbonyl (C=O) groups is 2. The lowest BCUT2D eigenvalue weighted by Gasteiger charge is -2.30. The van der Waals surface area contributed by atoms with Gasteiger partial charge in [-0.2, -0.15) is 0 Å². The van der Waals surface area contributed by atoms with Crippen molar-refractivity contribution in [3.8, 4) is 11.6 Å². The summed E-state index contributed by atoms with van der Waals surface area (Å²) < 4.78 is 21.6. The molecule has 0 saturated heterocycles.